The van der Waals surface area contributed by atoms with Gasteiger partial charge in [-0.05, 0) is 26.2 Å². The summed E-state index contributed by atoms with van der Waals surface area (Å²) >= 11 is 0. The Morgan fingerprint density at radius 1 is 1.47 bits per heavy atom. The van der Waals surface area contributed by atoms with Gasteiger partial charge >= 0.3 is 0 Å². The van der Waals surface area contributed by atoms with Gasteiger partial charge in [-0.15, -0.1) is 0 Å². The van der Waals surface area contributed by atoms with Crippen molar-refractivity contribution in [1.29, 1.82) is 0 Å². The van der Waals surface area contributed by atoms with Gasteiger partial charge in [-0.2, -0.15) is 0 Å². The molecule has 0 spiro atoms. The first-order valence-corrected chi connectivity index (χ1v) is 6.03. The number of rotatable bonds is 7. The van der Waals surface area contributed by atoms with Crippen LogP contribution in [0.15, 0.2) is 0 Å². The molecule has 102 valence electrons. The predicted molar refractivity (Wildman–Crippen MR) is 59.0 cm³/mol. The lowest BCUT2D eigenvalue weighted by molar-refractivity contribution is -0.191. The van der Waals surface area contributed by atoms with Crippen molar-refractivity contribution < 1.29 is 23.4 Å². The SMILES string of the molecule is CC(OC1CCCCO1)C(CO)NCC(F)F. The molecule has 0 aromatic carbocycles. The summed E-state index contributed by atoms with van der Waals surface area (Å²) in [6.07, 6.45) is -0.172. The monoisotopic (exact) mass is 253 g/mol. The second kappa shape index (κ2) is 7.92. The highest BCUT2D eigenvalue weighted by molar-refractivity contribution is 4.74. The van der Waals surface area contributed by atoms with E-state index in [-0.39, 0.29) is 19.0 Å². The highest BCUT2D eigenvalue weighted by Gasteiger charge is 2.23. The first kappa shape index (κ1) is 14.8. The van der Waals surface area contributed by atoms with Crippen LogP contribution >= 0.6 is 0 Å². The average Bonchev–Trinajstić information content (AvgIpc) is 2.30. The molecule has 0 aromatic heterocycles. The molecular weight excluding hydrogens is 232 g/mol. The van der Waals surface area contributed by atoms with E-state index in [2.05, 4.69) is 5.32 Å². The fraction of sp³-hybridized carbons (Fsp3) is 1.00. The summed E-state index contributed by atoms with van der Waals surface area (Å²) in [6, 6.07) is -0.491. The normalized spacial score (nSPS) is 24.9. The quantitative estimate of drug-likeness (QED) is 0.714. The molecule has 0 aromatic rings. The molecule has 0 radical (unpaired) electrons. The maximum atomic E-state index is 12.0. The molecule has 1 fully saturated rings. The van der Waals surface area contributed by atoms with E-state index in [4.69, 9.17) is 14.6 Å². The number of hydrogen-bond acceptors (Lipinski definition) is 4. The van der Waals surface area contributed by atoms with Crippen molar-refractivity contribution in [2.45, 2.75) is 51.0 Å². The van der Waals surface area contributed by atoms with E-state index in [9.17, 15) is 8.78 Å². The summed E-state index contributed by atoms with van der Waals surface area (Å²) < 4.78 is 35.1. The fourth-order valence-electron chi connectivity index (χ4n) is 1.77. The summed E-state index contributed by atoms with van der Waals surface area (Å²) in [7, 11) is 0. The van der Waals surface area contributed by atoms with Crippen LogP contribution in [0.5, 0.6) is 0 Å². The Hall–Kier alpha value is -0.300. The lowest BCUT2D eigenvalue weighted by atomic mass is 10.1. The van der Waals surface area contributed by atoms with Crippen LogP contribution in [0.4, 0.5) is 8.78 Å². The topological polar surface area (TPSA) is 50.7 Å². The molecule has 3 unspecified atom stereocenters. The second-order valence-electron chi connectivity index (χ2n) is 4.23. The van der Waals surface area contributed by atoms with Crippen molar-refractivity contribution in [3.63, 3.8) is 0 Å². The minimum atomic E-state index is -2.43. The van der Waals surface area contributed by atoms with Crippen LogP contribution in [-0.4, -0.2) is 49.7 Å². The molecule has 4 nitrogen and oxygen atoms in total. The molecule has 3 atom stereocenters. The van der Waals surface area contributed by atoms with Gasteiger partial charge < -0.3 is 19.9 Å². The molecule has 17 heavy (non-hydrogen) atoms. The summed E-state index contributed by atoms with van der Waals surface area (Å²) in [5.74, 6) is 0. The smallest absolute Gasteiger partial charge is 0.250 e. The van der Waals surface area contributed by atoms with Crippen molar-refractivity contribution in [2.75, 3.05) is 19.8 Å². The van der Waals surface area contributed by atoms with Crippen LogP contribution in [-0.2, 0) is 9.47 Å². The Morgan fingerprint density at radius 3 is 2.76 bits per heavy atom. The zero-order valence-corrected chi connectivity index (χ0v) is 10.1. The van der Waals surface area contributed by atoms with E-state index in [0.717, 1.165) is 19.3 Å². The van der Waals surface area contributed by atoms with Crippen molar-refractivity contribution in [3.05, 3.63) is 0 Å². The maximum absolute atomic E-state index is 12.0. The highest BCUT2D eigenvalue weighted by atomic mass is 19.3. The number of ether oxygens (including phenoxy) is 2. The van der Waals surface area contributed by atoms with E-state index in [1.807, 2.05) is 0 Å². The number of halogens is 2. The van der Waals surface area contributed by atoms with Gasteiger partial charge in [0.15, 0.2) is 6.29 Å². The van der Waals surface area contributed by atoms with Gasteiger partial charge in [0.1, 0.15) is 0 Å². The molecule has 1 heterocycles. The zero-order valence-electron chi connectivity index (χ0n) is 10.1. The molecule has 1 aliphatic heterocycles. The summed E-state index contributed by atoms with van der Waals surface area (Å²) in [6.45, 7) is 1.74. The van der Waals surface area contributed by atoms with E-state index in [1.54, 1.807) is 6.92 Å². The van der Waals surface area contributed by atoms with Gasteiger partial charge in [0.25, 0.3) is 6.43 Å². The molecule has 6 heteroatoms. The standard InChI is InChI=1S/C11H21F2NO3/c1-8(9(7-15)14-6-10(12)13)17-11-4-2-3-5-16-11/h8-11,14-15H,2-7H2,1H3. The van der Waals surface area contributed by atoms with Crippen LogP contribution in [0.2, 0.25) is 0 Å². The van der Waals surface area contributed by atoms with Gasteiger partial charge in [-0.3, -0.25) is 0 Å². The largest absolute Gasteiger partial charge is 0.395 e. The van der Waals surface area contributed by atoms with Crippen molar-refractivity contribution in [3.8, 4) is 0 Å². The Balaban J connectivity index is 2.28. The lowest BCUT2D eigenvalue weighted by Crippen LogP contribution is -2.46. The van der Waals surface area contributed by atoms with Gasteiger partial charge in [0.05, 0.1) is 25.3 Å². The van der Waals surface area contributed by atoms with Crippen LogP contribution in [0.3, 0.4) is 0 Å². The summed E-state index contributed by atoms with van der Waals surface area (Å²) in [5.41, 5.74) is 0. The van der Waals surface area contributed by atoms with Crippen molar-refractivity contribution in [1.82, 2.24) is 5.32 Å². The summed E-state index contributed by atoms with van der Waals surface area (Å²) in [4.78, 5) is 0. The van der Waals surface area contributed by atoms with E-state index in [0.29, 0.717) is 6.61 Å². The third kappa shape index (κ3) is 5.72. The first-order valence-electron chi connectivity index (χ1n) is 6.03. The van der Waals surface area contributed by atoms with E-state index in [1.165, 1.54) is 0 Å². The molecule has 1 saturated heterocycles. The fourth-order valence-corrected chi connectivity index (χ4v) is 1.77. The minimum Gasteiger partial charge on any atom is -0.395 e. The number of aliphatic hydroxyl groups excluding tert-OH is 1. The predicted octanol–water partition coefficient (Wildman–Crippen LogP) is 1.13. The number of hydrogen-bond donors (Lipinski definition) is 2. The number of alkyl halides is 2. The number of nitrogens with one attached hydrogen (secondary N) is 1. The average molecular weight is 253 g/mol. The molecule has 0 amide bonds. The Kier molecular flexibility index (Phi) is 6.87. The van der Waals surface area contributed by atoms with Gasteiger partial charge in [0, 0.05) is 6.61 Å². The van der Waals surface area contributed by atoms with Crippen LogP contribution in [0.25, 0.3) is 0 Å². The van der Waals surface area contributed by atoms with Crippen LogP contribution in [0.1, 0.15) is 26.2 Å². The molecule has 2 N–H and O–H groups in total. The van der Waals surface area contributed by atoms with Gasteiger partial charge in [-0.25, -0.2) is 8.78 Å². The number of aliphatic hydroxyl groups is 1. The van der Waals surface area contributed by atoms with Gasteiger partial charge in [0.2, 0.25) is 0 Å². The van der Waals surface area contributed by atoms with E-state index >= 15 is 0 Å². The summed E-state index contributed by atoms with van der Waals surface area (Å²) in [5, 5.41) is 11.7. The third-order valence-electron chi connectivity index (χ3n) is 2.80. The lowest BCUT2D eigenvalue weighted by Gasteiger charge is -2.30. The Morgan fingerprint density at radius 2 is 2.24 bits per heavy atom. The van der Waals surface area contributed by atoms with Crippen molar-refractivity contribution >= 4 is 0 Å². The molecule has 1 rings (SSSR count). The molecule has 0 aliphatic carbocycles. The first-order chi connectivity index (χ1) is 8.13. The van der Waals surface area contributed by atoms with Crippen LogP contribution in [0, 0.1) is 0 Å². The zero-order chi connectivity index (χ0) is 12.7. The molecular formula is C11H21F2NO3. The third-order valence-corrected chi connectivity index (χ3v) is 2.80. The second-order valence-corrected chi connectivity index (χ2v) is 4.23. The Labute approximate surface area is 100 Å². The minimum absolute atomic E-state index is 0.236. The van der Waals surface area contributed by atoms with Gasteiger partial charge in [-0.1, -0.05) is 0 Å². The maximum Gasteiger partial charge on any atom is 0.250 e. The molecule has 1 aliphatic rings. The highest BCUT2D eigenvalue weighted by Crippen LogP contribution is 2.16. The molecule has 0 saturated carbocycles. The van der Waals surface area contributed by atoms with E-state index < -0.39 is 19.0 Å². The van der Waals surface area contributed by atoms with Crippen LogP contribution < -0.4 is 5.32 Å². The molecule has 0 bridgehead atoms. The van der Waals surface area contributed by atoms with Crippen molar-refractivity contribution in [2.24, 2.45) is 0 Å². The Bertz CT molecular complexity index is 201.